The van der Waals surface area contributed by atoms with Crippen LogP contribution in [-0.2, 0) is 4.79 Å². The first-order chi connectivity index (χ1) is 6.44. The fourth-order valence-corrected chi connectivity index (χ4v) is 1.16. The van der Waals surface area contributed by atoms with Crippen molar-refractivity contribution in [3.63, 3.8) is 0 Å². The Hall–Kier alpha value is -1.35. The third kappa shape index (κ3) is 4.05. The molecule has 0 aliphatic heterocycles. The Morgan fingerprint density at radius 1 is 1.64 bits per heavy atom. The Morgan fingerprint density at radius 2 is 2.21 bits per heavy atom. The van der Waals surface area contributed by atoms with E-state index in [1.165, 1.54) is 0 Å². The molecule has 0 aromatic heterocycles. The maximum Gasteiger partial charge on any atom is 0.220 e. The number of carbonyl (C=O) groups is 1. The van der Waals surface area contributed by atoms with E-state index in [0.29, 0.717) is 5.57 Å². The fourth-order valence-electron chi connectivity index (χ4n) is 1.16. The summed E-state index contributed by atoms with van der Waals surface area (Å²) in [6.45, 7) is 6.92. The second-order valence-corrected chi connectivity index (χ2v) is 3.27. The summed E-state index contributed by atoms with van der Waals surface area (Å²) in [5.74, 6) is -0.533. The zero-order valence-electron chi connectivity index (χ0n) is 8.66. The van der Waals surface area contributed by atoms with Crippen molar-refractivity contribution in [3.05, 3.63) is 36.5 Å². The van der Waals surface area contributed by atoms with E-state index in [4.69, 9.17) is 5.73 Å². The van der Waals surface area contributed by atoms with Crippen molar-refractivity contribution >= 4 is 5.91 Å². The molecule has 0 fully saturated rings. The molecule has 0 aliphatic rings. The molecule has 3 nitrogen and oxygen atoms in total. The third-order valence-electron chi connectivity index (χ3n) is 1.78. The molecular weight excluding hydrogens is 178 g/mol. The second kappa shape index (κ2) is 5.40. The van der Waals surface area contributed by atoms with Crippen molar-refractivity contribution in [1.82, 2.24) is 0 Å². The van der Waals surface area contributed by atoms with Crippen molar-refractivity contribution in [1.29, 1.82) is 0 Å². The number of nitrogens with two attached hydrogens (primary N) is 1. The maximum atomic E-state index is 10.7. The van der Waals surface area contributed by atoms with Crippen LogP contribution in [0.15, 0.2) is 36.5 Å². The molecule has 78 valence electrons. The first-order valence-corrected chi connectivity index (χ1v) is 4.40. The fraction of sp³-hybridized carbons (Fsp3) is 0.364. The molecule has 0 rings (SSSR count). The third-order valence-corrected chi connectivity index (χ3v) is 1.78. The molecule has 3 N–H and O–H groups in total. The highest BCUT2D eigenvalue weighted by atomic mass is 16.3. The van der Waals surface area contributed by atoms with E-state index < -0.39 is 11.5 Å². The van der Waals surface area contributed by atoms with Crippen LogP contribution in [0.1, 0.15) is 20.3 Å². The molecule has 1 unspecified atom stereocenters. The topological polar surface area (TPSA) is 63.3 Å². The number of aliphatic hydroxyl groups is 1. The first-order valence-electron chi connectivity index (χ1n) is 4.40. The molecule has 3 heteroatoms. The van der Waals surface area contributed by atoms with Crippen molar-refractivity contribution in [2.45, 2.75) is 25.9 Å². The average molecular weight is 195 g/mol. The van der Waals surface area contributed by atoms with E-state index in [2.05, 4.69) is 6.58 Å². The van der Waals surface area contributed by atoms with Crippen LogP contribution in [0, 0.1) is 0 Å². The molecule has 1 atom stereocenters. The van der Waals surface area contributed by atoms with Crippen molar-refractivity contribution < 1.29 is 9.90 Å². The monoisotopic (exact) mass is 195 g/mol. The van der Waals surface area contributed by atoms with Gasteiger partial charge in [0, 0.05) is 0 Å². The lowest BCUT2D eigenvalue weighted by Crippen LogP contribution is -2.32. The van der Waals surface area contributed by atoms with Gasteiger partial charge in [0.2, 0.25) is 5.91 Å². The first kappa shape index (κ1) is 12.7. The van der Waals surface area contributed by atoms with Gasteiger partial charge in [0.05, 0.1) is 12.0 Å². The molecule has 14 heavy (non-hydrogen) atoms. The highest BCUT2D eigenvalue weighted by Crippen LogP contribution is 2.21. The van der Waals surface area contributed by atoms with Gasteiger partial charge in [-0.1, -0.05) is 30.9 Å². The summed E-state index contributed by atoms with van der Waals surface area (Å²) in [6, 6.07) is 0. The molecular formula is C11H17NO2. The number of primary amides is 1. The van der Waals surface area contributed by atoms with Gasteiger partial charge in [0.15, 0.2) is 0 Å². The number of rotatable bonds is 5. The minimum atomic E-state index is -1.23. The summed E-state index contributed by atoms with van der Waals surface area (Å²) in [4.78, 5) is 10.7. The van der Waals surface area contributed by atoms with E-state index in [1.54, 1.807) is 31.2 Å². The number of hydrogen-bond donors (Lipinski definition) is 2. The minimum Gasteiger partial charge on any atom is -0.385 e. The van der Waals surface area contributed by atoms with Gasteiger partial charge in [-0.3, -0.25) is 4.79 Å². The van der Waals surface area contributed by atoms with Crippen LogP contribution in [0.4, 0.5) is 0 Å². The SMILES string of the molecule is C=C/C=C(\C=C/C)C(C)(O)CC(N)=O. The molecule has 0 saturated heterocycles. The Morgan fingerprint density at radius 3 is 2.57 bits per heavy atom. The Labute approximate surface area is 84.6 Å². The summed E-state index contributed by atoms with van der Waals surface area (Å²) in [5.41, 5.74) is 4.42. The summed E-state index contributed by atoms with van der Waals surface area (Å²) in [6.07, 6.45) is 6.63. The highest BCUT2D eigenvalue weighted by Gasteiger charge is 2.25. The quantitative estimate of drug-likeness (QED) is 0.649. The van der Waals surface area contributed by atoms with Crippen LogP contribution in [0.5, 0.6) is 0 Å². The largest absolute Gasteiger partial charge is 0.385 e. The number of amides is 1. The average Bonchev–Trinajstić information content (AvgIpc) is 2.01. The van der Waals surface area contributed by atoms with Crippen LogP contribution in [-0.4, -0.2) is 16.6 Å². The summed E-state index contributed by atoms with van der Waals surface area (Å²) in [7, 11) is 0. The Bertz CT molecular complexity index is 275. The zero-order valence-corrected chi connectivity index (χ0v) is 8.66. The molecule has 0 saturated carbocycles. The molecule has 0 heterocycles. The van der Waals surface area contributed by atoms with Gasteiger partial charge in [-0.2, -0.15) is 0 Å². The van der Waals surface area contributed by atoms with Crippen LogP contribution in [0.25, 0.3) is 0 Å². The Balaban J connectivity index is 4.88. The lowest BCUT2D eigenvalue weighted by Gasteiger charge is -2.23. The van der Waals surface area contributed by atoms with Gasteiger partial charge in [-0.25, -0.2) is 0 Å². The number of allylic oxidation sites excluding steroid dienone is 3. The molecule has 1 amide bonds. The Kier molecular flexibility index (Phi) is 4.87. The normalized spacial score (nSPS) is 16.6. The van der Waals surface area contributed by atoms with Gasteiger partial charge < -0.3 is 10.8 Å². The van der Waals surface area contributed by atoms with E-state index >= 15 is 0 Å². The molecule has 0 spiro atoms. The standard InChI is InChI=1S/C11H17NO2/c1-4-6-9(7-5-2)11(3,14)8-10(12)13/h4-7,14H,1,8H2,2-3H3,(H2,12,13)/b7-5-,9-6+. The van der Waals surface area contributed by atoms with Crippen molar-refractivity contribution in [2.75, 3.05) is 0 Å². The van der Waals surface area contributed by atoms with Crippen LogP contribution in [0.3, 0.4) is 0 Å². The molecule has 0 aliphatic carbocycles. The highest BCUT2D eigenvalue weighted by molar-refractivity contribution is 5.75. The van der Waals surface area contributed by atoms with Crippen molar-refractivity contribution in [2.24, 2.45) is 5.73 Å². The molecule has 0 bridgehead atoms. The van der Waals surface area contributed by atoms with Gasteiger partial charge in [-0.15, -0.1) is 0 Å². The van der Waals surface area contributed by atoms with Crippen LogP contribution in [0.2, 0.25) is 0 Å². The molecule has 0 aromatic carbocycles. The minimum absolute atomic E-state index is 0.100. The van der Waals surface area contributed by atoms with Crippen molar-refractivity contribution in [3.8, 4) is 0 Å². The lowest BCUT2D eigenvalue weighted by atomic mass is 9.91. The second-order valence-electron chi connectivity index (χ2n) is 3.27. The molecule has 0 radical (unpaired) electrons. The van der Waals surface area contributed by atoms with Gasteiger partial charge in [-0.05, 0) is 19.4 Å². The van der Waals surface area contributed by atoms with E-state index in [0.717, 1.165) is 0 Å². The number of hydrogen-bond acceptors (Lipinski definition) is 2. The summed E-state index contributed by atoms with van der Waals surface area (Å²) < 4.78 is 0. The number of carbonyl (C=O) groups excluding carboxylic acids is 1. The predicted octanol–water partition coefficient (Wildman–Crippen LogP) is 1.30. The summed E-state index contributed by atoms with van der Waals surface area (Å²) in [5, 5.41) is 9.94. The van der Waals surface area contributed by atoms with Crippen LogP contribution < -0.4 is 5.73 Å². The van der Waals surface area contributed by atoms with E-state index in [9.17, 15) is 9.90 Å². The smallest absolute Gasteiger partial charge is 0.220 e. The van der Waals surface area contributed by atoms with E-state index in [-0.39, 0.29) is 6.42 Å². The lowest BCUT2D eigenvalue weighted by molar-refractivity contribution is -0.121. The zero-order chi connectivity index (χ0) is 11.2. The van der Waals surface area contributed by atoms with E-state index in [1.807, 2.05) is 6.92 Å². The van der Waals surface area contributed by atoms with Gasteiger partial charge >= 0.3 is 0 Å². The predicted molar refractivity (Wildman–Crippen MR) is 57.5 cm³/mol. The van der Waals surface area contributed by atoms with Gasteiger partial charge in [0.25, 0.3) is 0 Å². The summed E-state index contributed by atoms with van der Waals surface area (Å²) >= 11 is 0. The molecule has 0 aromatic rings. The van der Waals surface area contributed by atoms with Gasteiger partial charge in [0.1, 0.15) is 0 Å². The van der Waals surface area contributed by atoms with Crippen LogP contribution >= 0.6 is 0 Å². The maximum absolute atomic E-state index is 10.7.